The lowest BCUT2D eigenvalue weighted by Crippen LogP contribution is -2.64. The van der Waals surface area contributed by atoms with Gasteiger partial charge in [0.2, 0.25) is 0 Å². The summed E-state index contributed by atoms with van der Waals surface area (Å²) in [4.78, 5) is 24.4. The van der Waals surface area contributed by atoms with Gasteiger partial charge in [0.05, 0.1) is 11.5 Å². The molecule has 0 aromatic rings. The number of aliphatic hydroxyl groups is 3. The molecule has 1 saturated carbocycles. The molecule has 7 heteroatoms. The van der Waals surface area contributed by atoms with Gasteiger partial charge >= 0.3 is 11.9 Å². The van der Waals surface area contributed by atoms with Gasteiger partial charge in [-0.1, -0.05) is 24.8 Å². The van der Waals surface area contributed by atoms with Gasteiger partial charge in [-0.25, -0.2) is 9.59 Å². The molecule has 1 heterocycles. The number of allylic oxidation sites excluding steroid dienone is 1. The number of carbonyl (C=O) groups is 2. The molecule has 0 amide bonds. The second-order valence-electron chi connectivity index (χ2n) is 8.11. The first kappa shape index (κ1) is 19.8. The van der Waals surface area contributed by atoms with Gasteiger partial charge < -0.3 is 24.8 Å². The number of esters is 2. The fourth-order valence-electron chi connectivity index (χ4n) is 4.44. The zero-order valence-corrected chi connectivity index (χ0v) is 15.9. The van der Waals surface area contributed by atoms with E-state index in [4.69, 9.17) is 9.47 Å². The lowest BCUT2D eigenvalue weighted by atomic mass is 9.70. The van der Waals surface area contributed by atoms with Crippen molar-refractivity contribution in [3.8, 4) is 0 Å². The Kier molecular flexibility index (Phi) is 4.41. The van der Waals surface area contributed by atoms with Crippen molar-refractivity contribution in [3.63, 3.8) is 0 Å². The standard InChI is InChI=1S/C20H26O7/c1-6-10(2)16(21)26-13-9-12-11(3)17(22)27-14(12)15-18(4,23)7-8-20(15,25)19(13,5)24/h6-8,12-15,23-25H,3,9H2,1-2,4-5H3/b10-6-/t12-,13+,14-,15-,18-,19+,20+/m0/s1. The molecule has 2 fully saturated rings. The lowest BCUT2D eigenvalue weighted by Gasteiger charge is -2.46. The molecule has 1 aliphatic heterocycles. The summed E-state index contributed by atoms with van der Waals surface area (Å²) in [6, 6.07) is 0. The first-order chi connectivity index (χ1) is 12.4. The number of hydrogen-bond donors (Lipinski definition) is 3. The highest BCUT2D eigenvalue weighted by Crippen LogP contribution is 2.55. The number of hydrogen-bond acceptors (Lipinski definition) is 7. The monoisotopic (exact) mass is 378 g/mol. The SMILES string of the molecule is C=C1C(=O)O[C@H]2[C@H]1C[C@@H](OC(=O)/C(C)=C\C)[C@@](C)(O)[C@@]1(O)C=C[C@](C)(O)[C@H]21. The fourth-order valence-corrected chi connectivity index (χ4v) is 4.44. The molecule has 0 unspecified atom stereocenters. The van der Waals surface area contributed by atoms with Crippen molar-refractivity contribution in [1.29, 1.82) is 0 Å². The van der Waals surface area contributed by atoms with Gasteiger partial charge in [0.25, 0.3) is 0 Å². The van der Waals surface area contributed by atoms with Crippen molar-refractivity contribution in [2.45, 2.75) is 63.1 Å². The van der Waals surface area contributed by atoms with Crippen LogP contribution in [0.1, 0.15) is 34.1 Å². The first-order valence-corrected chi connectivity index (χ1v) is 8.98. The molecule has 0 radical (unpaired) electrons. The lowest BCUT2D eigenvalue weighted by molar-refractivity contribution is -0.219. The van der Waals surface area contributed by atoms with Gasteiger partial charge in [-0.2, -0.15) is 0 Å². The predicted molar refractivity (Wildman–Crippen MR) is 95.3 cm³/mol. The molecule has 0 bridgehead atoms. The van der Waals surface area contributed by atoms with Crippen LogP contribution < -0.4 is 0 Å². The topological polar surface area (TPSA) is 113 Å². The second-order valence-corrected chi connectivity index (χ2v) is 8.11. The van der Waals surface area contributed by atoms with Gasteiger partial charge in [-0.15, -0.1) is 0 Å². The summed E-state index contributed by atoms with van der Waals surface area (Å²) in [7, 11) is 0. The van der Waals surface area contributed by atoms with E-state index >= 15 is 0 Å². The van der Waals surface area contributed by atoms with Crippen molar-refractivity contribution >= 4 is 11.9 Å². The Bertz CT molecular complexity index is 760. The highest BCUT2D eigenvalue weighted by Gasteiger charge is 2.69. The summed E-state index contributed by atoms with van der Waals surface area (Å²) < 4.78 is 11.0. The van der Waals surface area contributed by atoms with Crippen molar-refractivity contribution < 1.29 is 34.4 Å². The quantitative estimate of drug-likeness (QED) is 0.370. The summed E-state index contributed by atoms with van der Waals surface area (Å²) in [6.07, 6.45) is 2.24. The third-order valence-corrected chi connectivity index (χ3v) is 6.37. The molecule has 27 heavy (non-hydrogen) atoms. The number of carbonyl (C=O) groups excluding carboxylic acids is 2. The van der Waals surface area contributed by atoms with Gasteiger partial charge in [0, 0.05) is 17.1 Å². The zero-order chi connectivity index (χ0) is 20.4. The molecular formula is C20H26O7. The maximum absolute atomic E-state index is 12.3. The summed E-state index contributed by atoms with van der Waals surface area (Å²) in [6.45, 7) is 9.87. The number of fused-ring (bicyclic) bond motifs is 3. The molecule has 7 atom stereocenters. The Hall–Kier alpha value is -1.96. The number of rotatable bonds is 2. The summed E-state index contributed by atoms with van der Waals surface area (Å²) >= 11 is 0. The minimum Gasteiger partial charge on any atom is -0.458 e. The summed E-state index contributed by atoms with van der Waals surface area (Å²) in [5.41, 5.74) is -4.93. The first-order valence-electron chi connectivity index (χ1n) is 8.98. The van der Waals surface area contributed by atoms with Gasteiger partial charge in [0.1, 0.15) is 23.4 Å². The van der Waals surface area contributed by atoms with Crippen LogP contribution in [0, 0.1) is 11.8 Å². The van der Waals surface area contributed by atoms with Gasteiger partial charge in [-0.05, 0) is 34.1 Å². The van der Waals surface area contributed by atoms with Crippen LogP contribution in [0.15, 0.2) is 36.0 Å². The highest BCUT2D eigenvalue weighted by atomic mass is 16.6. The largest absolute Gasteiger partial charge is 0.458 e. The van der Waals surface area contributed by atoms with E-state index in [0.717, 1.165) is 0 Å². The van der Waals surface area contributed by atoms with E-state index < -0.39 is 52.8 Å². The van der Waals surface area contributed by atoms with Crippen molar-refractivity contribution in [1.82, 2.24) is 0 Å². The molecule has 2 aliphatic carbocycles. The van der Waals surface area contributed by atoms with E-state index in [1.54, 1.807) is 19.9 Å². The van der Waals surface area contributed by atoms with Crippen LogP contribution in [0.5, 0.6) is 0 Å². The Morgan fingerprint density at radius 2 is 1.96 bits per heavy atom. The van der Waals surface area contributed by atoms with Crippen molar-refractivity contribution in [2.75, 3.05) is 0 Å². The molecule has 0 aromatic heterocycles. The molecule has 0 spiro atoms. The van der Waals surface area contributed by atoms with Crippen molar-refractivity contribution in [3.05, 3.63) is 36.0 Å². The van der Waals surface area contributed by atoms with Crippen LogP contribution in [0.3, 0.4) is 0 Å². The van der Waals surface area contributed by atoms with E-state index in [1.807, 2.05) is 0 Å². The van der Waals surface area contributed by atoms with Gasteiger partial charge in [0.15, 0.2) is 0 Å². The average molecular weight is 378 g/mol. The molecule has 0 aromatic carbocycles. The summed E-state index contributed by atoms with van der Waals surface area (Å²) in [5, 5.41) is 33.6. The van der Waals surface area contributed by atoms with Crippen LogP contribution in [0.4, 0.5) is 0 Å². The van der Waals surface area contributed by atoms with E-state index in [-0.39, 0.29) is 12.0 Å². The van der Waals surface area contributed by atoms with Crippen LogP contribution in [0.2, 0.25) is 0 Å². The minimum atomic E-state index is -1.98. The van der Waals surface area contributed by atoms with Crippen LogP contribution >= 0.6 is 0 Å². The van der Waals surface area contributed by atoms with E-state index in [0.29, 0.717) is 5.57 Å². The Morgan fingerprint density at radius 3 is 2.56 bits per heavy atom. The Labute approximate surface area is 158 Å². The van der Waals surface area contributed by atoms with E-state index in [9.17, 15) is 24.9 Å². The van der Waals surface area contributed by atoms with E-state index in [1.165, 1.54) is 26.0 Å². The minimum absolute atomic E-state index is 0.0354. The normalized spacial score (nSPS) is 46.6. The maximum atomic E-state index is 12.3. The Balaban J connectivity index is 2.11. The molecular weight excluding hydrogens is 352 g/mol. The average Bonchev–Trinajstić information content (AvgIpc) is 2.97. The Morgan fingerprint density at radius 1 is 1.33 bits per heavy atom. The van der Waals surface area contributed by atoms with Crippen molar-refractivity contribution in [2.24, 2.45) is 11.8 Å². The smallest absolute Gasteiger partial charge is 0.334 e. The molecule has 7 nitrogen and oxygen atoms in total. The third kappa shape index (κ3) is 2.68. The van der Waals surface area contributed by atoms with E-state index in [2.05, 4.69) is 6.58 Å². The third-order valence-electron chi connectivity index (χ3n) is 6.37. The zero-order valence-electron chi connectivity index (χ0n) is 15.9. The molecule has 3 N–H and O–H groups in total. The number of ether oxygens (including phenoxy) is 2. The second kappa shape index (κ2) is 6.02. The van der Waals surface area contributed by atoms with Gasteiger partial charge in [-0.3, -0.25) is 0 Å². The molecule has 148 valence electrons. The van der Waals surface area contributed by atoms with Crippen LogP contribution in [0.25, 0.3) is 0 Å². The van der Waals surface area contributed by atoms with Crippen LogP contribution in [-0.2, 0) is 19.1 Å². The predicted octanol–water partition coefficient (Wildman–Crippen LogP) is 0.785. The fraction of sp³-hybridized carbons (Fsp3) is 0.600. The van der Waals surface area contributed by atoms with Crippen LogP contribution in [-0.4, -0.2) is 56.3 Å². The molecule has 3 aliphatic rings. The molecule has 1 saturated heterocycles. The highest BCUT2D eigenvalue weighted by molar-refractivity contribution is 5.91. The summed E-state index contributed by atoms with van der Waals surface area (Å²) in [5.74, 6) is -2.91. The molecule has 3 rings (SSSR count). The maximum Gasteiger partial charge on any atom is 0.334 e.